The van der Waals surface area contributed by atoms with Crippen LogP contribution in [0.1, 0.15) is 33.6 Å². The average Bonchev–Trinajstić information content (AvgIpc) is 2.11. The van der Waals surface area contributed by atoms with Crippen LogP contribution in [-0.2, 0) is 9.59 Å². The van der Waals surface area contributed by atoms with Crippen LogP contribution in [0.3, 0.4) is 0 Å². The van der Waals surface area contributed by atoms with Crippen LogP contribution < -0.4 is 11.1 Å². The maximum absolute atomic E-state index is 11.3. The molecule has 1 amide bonds. The lowest BCUT2D eigenvalue weighted by Crippen LogP contribution is -2.46. The van der Waals surface area contributed by atoms with Crippen LogP contribution >= 0.6 is 0 Å². The van der Waals surface area contributed by atoms with Crippen molar-refractivity contribution in [2.75, 3.05) is 0 Å². The molecule has 0 aliphatic carbocycles. The number of hydrogen-bond acceptors (Lipinski definition) is 3. The zero-order valence-electron chi connectivity index (χ0n) is 9.49. The van der Waals surface area contributed by atoms with Gasteiger partial charge in [-0.3, -0.25) is 4.79 Å². The van der Waals surface area contributed by atoms with Gasteiger partial charge in [0.05, 0.1) is 0 Å². The van der Waals surface area contributed by atoms with E-state index < -0.39 is 12.0 Å². The van der Waals surface area contributed by atoms with Gasteiger partial charge in [-0.1, -0.05) is 20.3 Å². The van der Waals surface area contributed by atoms with Crippen LogP contribution in [0.15, 0.2) is 0 Å². The van der Waals surface area contributed by atoms with Gasteiger partial charge in [0, 0.05) is 12.5 Å². The molecule has 0 rings (SSSR count). The van der Waals surface area contributed by atoms with Gasteiger partial charge in [0.25, 0.3) is 0 Å². The molecule has 0 aromatic rings. The van der Waals surface area contributed by atoms with Crippen molar-refractivity contribution in [1.29, 1.82) is 0 Å². The largest absolute Gasteiger partial charge is 0.480 e. The average molecular weight is 216 g/mol. The summed E-state index contributed by atoms with van der Waals surface area (Å²) in [7, 11) is 0. The Morgan fingerprint density at radius 3 is 2.27 bits per heavy atom. The first-order chi connectivity index (χ1) is 6.88. The van der Waals surface area contributed by atoms with E-state index in [1.165, 1.54) is 0 Å². The summed E-state index contributed by atoms with van der Waals surface area (Å²) in [5.74, 6) is -1.39. The van der Waals surface area contributed by atoms with Crippen molar-refractivity contribution in [2.45, 2.75) is 45.7 Å². The lowest BCUT2D eigenvalue weighted by molar-refractivity contribution is -0.143. The normalized spacial score (nSPS) is 16.5. The molecule has 5 nitrogen and oxygen atoms in total. The van der Waals surface area contributed by atoms with Gasteiger partial charge in [-0.2, -0.15) is 0 Å². The molecule has 0 aromatic carbocycles. The third-order valence-corrected chi connectivity index (χ3v) is 2.30. The first-order valence-corrected chi connectivity index (χ1v) is 5.16. The van der Waals surface area contributed by atoms with Crippen LogP contribution in [0.2, 0.25) is 0 Å². The minimum Gasteiger partial charge on any atom is -0.480 e. The lowest BCUT2D eigenvalue weighted by Gasteiger charge is -2.20. The van der Waals surface area contributed by atoms with Crippen LogP contribution in [-0.4, -0.2) is 29.1 Å². The lowest BCUT2D eigenvalue weighted by atomic mass is 9.99. The molecule has 0 fully saturated rings. The highest BCUT2D eigenvalue weighted by atomic mass is 16.4. The van der Waals surface area contributed by atoms with Crippen LogP contribution in [0, 0.1) is 5.92 Å². The van der Waals surface area contributed by atoms with Crippen molar-refractivity contribution >= 4 is 11.9 Å². The van der Waals surface area contributed by atoms with Crippen molar-refractivity contribution in [3.63, 3.8) is 0 Å². The van der Waals surface area contributed by atoms with Crippen LogP contribution in [0.25, 0.3) is 0 Å². The Balaban J connectivity index is 4.29. The number of hydrogen-bond donors (Lipinski definition) is 3. The van der Waals surface area contributed by atoms with Gasteiger partial charge in [0.1, 0.15) is 6.04 Å². The fraction of sp³-hybridized carbons (Fsp3) is 0.800. The highest BCUT2D eigenvalue weighted by molar-refractivity contribution is 5.83. The van der Waals surface area contributed by atoms with E-state index in [9.17, 15) is 9.59 Å². The fourth-order valence-electron chi connectivity index (χ4n) is 1.21. The van der Waals surface area contributed by atoms with E-state index in [1.54, 1.807) is 13.8 Å². The van der Waals surface area contributed by atoms with E-state index in [-0.39, 0.29) is 24.3 Å². The van der Waals surface area contributed by atoms with Gasteiger partial charge < -0.3 is 16.2 Å². The number of rotatable bonds is 6. The number of carbonyl (C=O) groups is 2. The Labute approximate surface area is 90.0 Å². The molecule has 0 radical (unpaired) electrons. The summed E-state index contributed by atoms with van der Waals surface area (Å²) >= 11 is 0. The van der Waals surface area contributed by atoms with Gasteiger partial charge in [-0.05, 0) is 12.8 Å². The summed E-state index contributed by atoms with van der Waals surface area (Å²) in [5, 5.41) is 11.4. The second kappa shape index (κ2) is 6.40. The van der Waals surface area contributed by atoms with E-state index in [2.05, 4.69) is 5.32 Å². The quantitative estimate of drug-likeness (QED) is 0.597. The van der Waals surface area contributed by atoms with Gasteiger partial charge in [0.2, 0.25) is 5.91 Å². The topological polar surface area (TPSA) is 92.4 Å². The molecule has 0 saturated heterocycles. The molecule has 0 bridgehead atoms. The summed E-state index contributed by atoms with van der Waals surface area (Å²) in [6, 6.07) is -1.07. The minimum atomic E-state index is -0.998. The first-order valence-electron chi connectivity index (χ1n) is 5.16. The molecule has 0 saturated carbocycles. The van der Waals surface area contributed by atoms with Crippen molar-refractivity contribution < 1.29 is 14.7 Å². The van der Waals surface area contributed by atoms with Gasteiger partial charge >= 0.3 is 5.97 Å². The molecule has 0 spiro atoms. The number of aliphatic carboxylic acids is 1. The summed E-state index contributed by atoms with van der Waals surface area (Å²) in [4.78, 5) is 22.2. The molecule has 3 unspecified atom stereocenters. The summed E-state index contributed by atoms with van der Waals surface area (Å²) in [6.45, 7) is 5.39. The Hall–Kier alpha value is -1.10. The zero-order chi connectivity index (χ0) is 12.0. The van der Waals surface area contributed by atoms with E-state index in [0.717, 1.165) is 0 Å². The van der Waals surface area contributed by atoms with E-state index in [4.69, 9.17) is 10.8 Å². The predicted molar refractivity (Wildman–Crippen MR) is 57.3 cm³/mol. The molecule has 0 aromatic heterocycles. The van der Waals surface area contributed by atoms with Crippen LogP contribution in [0.4, 0.5) is 0 Å². The Bertz CT molecular complexity index is 229. The standard InChI is InChI=1S/C10H20N2O3/c1-4-6(2)9(10(14)15)12-8(13)5-7(3)11/h6-7,9H,4-5,11H2,1-3H3,(H,12,13)(H,14,15). The van der Waals surface area contributed by atoms with Crippen molar-refractivity contribution in [3.05, 3.63) is 0 Å². The summed E-state index contributed by atoms with van der Waals surface area (Å²) in [6.07, 6.45) is 0.857. The molecule has 5 heteroatoms. The number of nitrogens with two attached hydrogens (primary N) is 1. The third kappa shape index (κ3) is 5.37. The van der Waals surface area contributed by atoms with E-state index in [1.807, 2.05) is 6.92 Å². The van der Waals surface area contributed by atoms with E-state index >= 15 is 0 Å². The Morgan fingerprint density at radius 2 is 1.93 bits per heavy atom. The highest BCUT2D eigenvalue weighted by Gasteiger charge is 2.25. The molecule has 0 aliphatic heterocycles. The second-order valence-corrected chi connectivity index (χ2v) is 3.95. The number of nitrogens with one attached hydrogen (secondary N) is 1. The molecule has 15 heavy (non-hydrogen) atoms. The number of carboxylic acids is 1. The van der Waals surface area contributed by atoms with E-state index in [0.29, 0.717) is 6.42 Å². The molecular formula is C10H20N2O3. The Morgan fingerprint density at radius 1 is 1.40 bits per heavy atom. The molecular weight excluding hydrogens is 196 g/mol. The number of carbonyl (C=O) groups excluding carboxylic acids is 1. The smallest absolute Gasteiger partial charge is 0.326 e. The SMILES string of the molecule is CCC(C)C(NC(=O)CC(C)N)C(=O)O. The first kappa shape index (κ1) is 13.9. The molecule has 88 valence electrons. The second-order valence-electron chi connectivity index (χ2n) is 3.95. The fourth-order valence-corrected chi connectivity index (χ4v) is 1.21. The van der Waals surface area contributed by atoms with Crippen molar-refractivity contribution in [3.8, 4) is 0 Å². The van der Waals surface area contributed by atoms with Gasteiger partial charge in [-0.25, -0.2) is 4.79 Å². The number of carboxylic acid groups (broad SMARTS) is 1. The monoisotopic (exact) mass is 216 g/mol. The van der Waals surface area contributed by atoms with Gasteiger partial charge in [-0.15, -0.1) is 0 Å². The maximum Gasteiger partial charge on any atom is 0.326 e. The number of amides is 1. The third-order valence-electron chi connectivity index (χ3n) is 2.30. The van der Waals surface area contributed by atoms with Crippen molar-refractivity contribution in [1.82, 2.24) is 5.32 Å². The van der Waals surface area contributed by atoms with Gasteiger partial charge in [0.15, 0.2) is 0 Å². The van der Waals surface area contributed by atoms with Crippen molar-refractivity contribution in [2.24, 2.45) is 11.7 Å². The van der Waals surface area contributed by atoms with Crippen LogP contribution in [0.5, 0.6) is 0 Å². The summed E-state index contributed by atoms with van der Waals surface area (Å²) in [5.41, 5.74) is 5.45. The minimum absolute atomic E-state index is 0.0838. The maximum atomic E-state index is 11.3. The Kier molecular flexibility index (Phi) is 5.93. The molecule has 0 aliphatic rings. The highest BCUT2D eigenvalue weighted by Crippen LogP contribution is 2.08. The predicted octanol–water partition coefficient (Wildman–Crippen LogP) is 0.339. The molecule has 4 N–H and O–H groups in total. The molecule has 3 atom stereocenters. The molecule has 0 heterocycles. The summed E-state index contributed by atoms with van der Waals surface area (Å²) < 4.78 is 0. The zero-order valence-corrected chi connectivity index (χ0v) is 9.49.